The average molecular weight is 415 g/mol. The van der Waals surface area contributed by atoms with Gasteiger partial charge in [0.15, 0.2) is 0 Å². The molecule has 6 heteroatoms. The Morgan fingerprint density at radius 1 is 0.667 bits per heavy atom. The third kappa shape index (κ3) is 19.9. The summed E-state index contributed by atoms with van der Waals surface area (Å²) in [7, 11) is -4.20. The van der Waals surface area contributed by atoms with Crippen molar-refractivity contribution in [2.24, 2.45) is 0 Å². The van der Waals surface area contributed by atoms with Gasteiger partial charge in [0, 0.05) is 5.25 Å². The molecule has 0 aliphatic rings. The van der Waals surface area contributed by atoms with E-state index in [2.05, 4.69) is 6.92 Å². The van der Waals surface area contributed by atoms with Crippen molar-refractivity contribution in [1.82, 2.24) is 0 Å². The largest absolute Gasteiger partial charge is 1.00 e. The minimum Gasteiger partial charge on any atom is -0.748 e. The molecule has 1 N–H and O–H groups in total. The predicted molar refractivity (Wildman–Crippen MR) is 109 cm³/mol. The van der Waals surface area contributed by atoms with E-state index in [1.807, 2.05) is 6.92 Å². The molecular weight excluding hydrogens is 371 g/mol. The molecule has 2 unspecified atom stereocenters. The zero-order valence-corrected chi connectivity index (χ0v) is 21.1. The van der Waals surface area contributed by atoms with E-state index in [9.17, 15) is 18.1 Å². The molecule has 0 bridgehead atoms. The third-order valence-electron chi connectivity index (χ3n) is 5.22. The van der Waals surface area contributed by atoms with Crippen molar-refractivity contribution in [1.29, 1.82) is 0 Å². The second kappa shape index (κ2) is 20.2. The zero-order chi connectivity index (χ0) is 19.7. The number of hydrogen-bond donors (Lipinski definition) is 1. The molecule has 27 heavy (non-hydrogen) atoms. The van der Waals surface area contributed by atoms with Crippen LogP contribution >= 0.6 is 0 Å². The minimum atomic E-state index is -4.20. The fraction of sp³-hybridized carbons (Fsp3) is 1.00. The van der Waals surface area contributed by atoms with E-state index in [1.165, 1.54) is 44.9 Å². The molecule has 0 aromatic heterocycles. The van der Waals surface area contributed by atoms with Crippen LogP contribution in [0.2, 0.25) is 0 Å². The van der Waals surface area contributed by atoms with Crippen LogP contribution in [-0.2, 0) is 10.1 Å². The van der Waals surface area contributed by atoms with E-state index in [1.54, 1.807) is 0 Å². The maximum atomic E-state index is 11.4. The number of rotatable bonds is 19. The Balaban J connectivity index is 0. The first kappa shape index (κ1) is 30.1. The van der Waals surface area contributed by atoms with Gasteiger partial charge in [-0.1, -0.05) is 97.3 Å². The SMILES string of the molecule is CCCCCCCCCCCCC(CCCCC(O)CCC)S(=O)(=O)[O-].[Na+]. The van der Waals surface area contributed by atoms with E-state index in [4.69, 9.17) is 0 Å². The van der Waals surface area contributed by atoms with E-state index in [-0.39, 0.29) is 35.7 Å². The van der Waals surface area contributed by atoms with Gasteiger partial charge in [0.25, 0.3) is 0 Å². The van der Waals surface area contributed by atoms with Crippen LogP contribution in [0.5, 0.6) is 0 Å². The van der Waals surface area contributed by atoms with E-state index in [0.29, 0.717) is 25.7 Å². The molecule has 0 heterocycles. The van der Waals surface area contributed by atoms with E-state index >= 15 is 0 Å². The maximum absolute atomic E-state index is 11.4. The van der Waals surface area contributed by atoms with Gasteiger partial charge >= 0.3 is 29.6 Å². The van der Waals surface area contributed by atoms with Gasteiger partial charge in [-0.15, -0.1) is 0 Å². The summed E-state index contributed by atoms with van der Waals surface area (Å²) in [5.41, 5.74) is 0. The van der Waals surface area contributed by atoms with Crippen LogP contribution in [0.3, 0.4) is 0 Å². The van der Waals surface area contributed by atoms with Crippen LogP contribution in [0.15, 0.2) is 0 Å². The Bertz CT molecular complexity index is 401. The molecular formula is C21H43NaO4S. The monoisotopic (exact) mass is 414 g/mol. The second-order valence-electron chi connectivity index (χ2n) is 7.81. The van der Waals surface area contributed by atoms with Crippen molar-refractivity contribution in [3.05, 3.63) is 0 Å². The van der Waals surface area contributed by atoms with Crippen LogP contribution in [-0.4, -0.2) is 29.4 Å². The number of unbranched alkanes of at least 4 members (excludes halogenated alkanes) is 10. The second-order valence-corrected chi connectivity index (χ2v) is 9.46. The number of aliphatic hydroxyl groups is 1. The van der Waals surface area contributed by atoms with Crippen molar-refractivity contribution in [3.8, 4) is 0 Å². The maximum Gasteiger partial charge on any atom is 1.00 e. The average Bonchev–Trinajstić information content (AvgIpc) is 2.57. The van der Waals surface area contributed by atoms with Crippen LogP contribution in [0.1, 0.15) is 123 Å². The van der Waals surface area contributed by atoms with Crippen molar-refractivity contribution in [2.75, 3.05) is 0 Å². The first-order valence-corrected chi connectivity index (χ1v) is 12.5. The van der Waals surface area contributed by atoms with Crippen LogP contribution in [0, 0.1) is 0 Å². The van der Waals surface area contributed by atoms with Crippen molar-refractivity contribution in [2.45, 2.75) is 134 Å². The molecule has 0 saturated carbocycles. The molecule has 0 rings (SSSR count). The Morgan fingerprint density at radius 2 is 1.07 bits per heavy atom. The van der Waals surface area contributed by atoms with Gasteiger partial charge in [-0.2, -0.15) is 0 Å². The first-order chi connectivity index (χ1) is 12.4. The summed E-state index contributed by atoms with van der Waals surface area (Å²) in [5.74, 6) is 0. The molecule has 0 aromatic carbocycles. The summed E-state index contributed by atoms with van der Waals surface area (Å²) in [4.78, 5) is 0. The van der Waals surface area contributed by atoms with Gasteiger partial charge in [-0.3, -0.25) is 0 Å². The van der Waals surface area contributed by atoms with Crippen LogP contribution in [0.4, 0.5) is 0 Å². The van der Waals surface area contributed by atoms with Crippen molar-refractivity contribution < 1.29 is 47.6 Å². The first-order valence-electron chi connectivity index (χ1n) is 11.0. The summed E-state index contributed by atoms with van der Waals surface area (Å²) in [5, 5.41) is 8.96. The molecule has 0 aromatic rings. The summed E-state index contributed by atoms with van der Waals surface area (Å²) in [6.07, 6.45) is 16.7. The number of hydrogen-bond acceptors (Lipinski definition) is 4. The zero-order valence-electron chi connectivity index (χ0n) is 18.3. The van der Waals surface area contributed by atoms with Crippen molar-refractivity contribution in [3.63, 3.8) is 0 Å². The predicted octanol–water partition coefficient (Wildman–Crippen LogP) is 2.94. The normalized spacial score (nSPS) is 13.9. The molecule has 158 valence electrons. The van der Waals surface area contributed by atoms with Gasteiger partial charge < -0.3 is 9.66 Å². The molecule has 0 fully saturated rings. The smallest absolute Gasteiger partial charge is 0.748 e. The summed E-state index contributed by atoms with van der Waals surface area (Å²) in [6, 6.07) is 0. The summed E-state index contributed by atoms with van der Waals surface area (Å²) < 4.78 is 34.3. The molecule has 0 aliphatic carbocycles. The summed E-state index contributed by atoms with van der Waals surface area (Å²) >= 11 is 0. The Kier molecular flexibility index (Phi) is 22.4. The van der Waals surface area contributed by atoms with E-state index in [0.717, 1.165) is 38.5 Å². The topological polar surface area (TPSA) is 77.4 Å². The Labute approximate surface area is 191 Å². The Hall–Kier alpha value is 0.870. The van der Waals surface area contributed by atoms with Gasteiger partial charge in [-0.05, 0) is 25.7 Å². The molecule has 0 saturated heterocycles. The Morgan fingerprint density at radius 3 is 1.52 bits per heavy atom. The fourth-order valence-electron chi connectivity index (χ4n) is 3.52. The van der Waals surface area contributed by atoms with Crippen molar-refractivity contribution >= 4 is 10.1 Å². The summed E-state index contributed by atoms with van der Waals surface area (Å²) in [6.45, 7) is 4.26. The van der Waals surface area contributed by atoms with Crippen LogP contribution in [0.25, 0.3) is 0 Å². The van der Waals surface area contributed by atoms with Gasteiger partial charge in [-0.25, -0.2) is 8.42 Å². The van der Waals surface area contributed by atoms with Gasteiger partial charge in [0.1, 0.15) is 0 Å². The molecule has 4 nitrogen and oxygen atoms in total. The molecule has 0 radical (unpaired) electrons. The molecule has 0 amide bonds. The van der Waals surface area contributed by atoms with Gasteiger partial charge in [0.05, 0.1) is 16.2 Å². The minimum absolute atomic E-state index is 0. The standard InChI is InChI=1S/C21H44O4S.Na/c1-3-5-6-7-8-9-10-11-12-13-18-21(26(23,24)25)19-15-14-17-20(22)16-4-2;/h20-22H,3-19H2,1-2H3,(H,23,24,25);/q;+1/p-1. The molecule has 2 atom stereocenters. The molecule has 0 spiro atoms. The molecule has 0 aliphatic heterocycles. The van der Waals surface area contributed by atoms with Gasteiger partial charge in [0.2, 0.25) is 0 Å². The quantitative estimate of drug-likeness (QED) is 0.200. The third-order valence-corrected chi connectivity index (χ3v) is 6.51. The van der Waals surface area contributed by atoms with E-state index < -0.39 is 15.4 Å². The fourth-order valence-corrected chi connectivity index (χ4v) is 4.43. The number of aliphatic hydroxyl groups excluding tert-OH is 1. The van der Waals surface area contributed by atoms with Crippen LogP contribution < -0.4 is 29.6 Å².